The van der Waals surface area contributed by atoms with Gasteiger partial charge in [-0.15, -0.1) is 28.4 Å². The number of rotatable bonds is 7. The average molecular weight is 756 g/mol. The van der Waals surface area contributed by atoms with Gasteiger partial charge in [0.2, 0.25) is 0 Å². The fourth-order valence-corrected chi connectivity index (χ4v) is 6.73. The van der Waals surface area contributed by atoms with Gasteiger partial charge in [-0.2, -0.15) is 5.26 Å². The molecule has 3 heterocycles. The van der Waals surface area contributed by atoms with Crippen molar-refractivity contribution in [2.75, 3.05) is 0 Å². The maximum Gasteiger partial charge on any atom is 1.00 e. The summed E-state index contributed by atoms with van der Waals surface area (Å²) in [6.07, 6.45) is -0.120. The first-order chi connectivity index (χ1) is 20.4. The number of nitriles is 1. The molecule has 43 heavy (non-hydrogen) atoms. The maximum atomic E-state index is 13.7. The molecular weight excluding hydrogens is 737 g/mol. The van der Waals surface area contributed by atoms with Crippen molar-refractivity contribution in [3.05, 3.63) is 124 Å². The molecule has 6 rings (SSSR count). The number of aromatic amines is 1. The summed E-state index contributed by atoms with van der Waals surface area (Å²) in [6.45, 7) is 0. The number of nitrogens with one attached hydrogen (secondary N) is 1. The zero-order valence-electron chi connectivity index (χ0n) is 22.5. The molecule has 0 bridgehead atoms. The summed E-state index contributed by atoms with van der Waals surface area (Å²) in [6, 6.07) is 24.5. The second-order valence-corrected chi connectivity index (χ2v) is 12.8. The van der Waals surface area contributed by atoms with Gasteiger partial charge >= 0.3 is 51.4 Å². The Morgan fingerprint density at radius 1 is 0.884 bits per heavy atom. The molecule has 3 aromatic carbocycles. The third-order valence-corrected chi connectivity index (χ3v) is 9.43. The SMILES string of the molecule is N#C/C(=C(/[O-])CC(c1nc2ccccc2c(=O)[nH]1)c1nc(-c2ccc(Br)cc2)cs1)c1nc(-c2ccc(Br)cc2)cs1.[K+]. The minimum absolute atomic E-state index is 0. The standard InChI is InChI=1S/C31H19Br2N5O2S2.K/c32-19-9-5-17(6-10-19)25-15-41-30(36-25)22(28-35-24-4-2-1-3-21(24)29(40)38-28)13-27(39)23(14-34)31-37-26(16-42-31)18-7-11-20(33)12-8-18;/h1-12,15-16,22,39H,13H2,(H,35,38,40);/q;+1/p-1/b27-23-;. The molecule has 0 saturated carbocycles. The Hall–Kier alpha value is -2.31. The number of allylic oxidation sites excluding steroid dienone is 2. The molecule has 0 aliphatic carbocycles. The normalized spacial score (nSPS) is 12.3. The largest absolute Gasteiger partial charge is 1.00 e. The van der Waals surface area contributed by atoms with Gasteiger partial charge in [0, 0.05) is 30.8 Å². The summed E-state index contributed by atoms with van der Waals surface area (Å²) in [5.41, 5.74) is 3.39. The van der Waals surface area contributed by atoms with Crippen LogP contribution in [0.1, 0.15) is 28.2 Å². The van der Waals surface area contributed by atoms with Crippen molar-refractivity contribution in [1.29, 1.82) is 5.26 Å². The van der Waals surface area contributed by atoms with Crippen LogP contribution in [0, 0.1) is 11.3 Å². The van der Waals surface area contributed by atoms with Gasteiger partial charge in [-0.3, -0.25) is 4.79 Å². The number of hydrogen-bond donors (Lipinski definition) is 1. The second-order valence-electron chi connectivity index (χ2n) is 9.26. The molecule has 1 atom stereocenters. The fourth-order valence-electron chi connectivity index (χ4n) is 4.43. The van der Waals surface area contributed by atoms with E-state index >= 15 is 0 Å². The van der Waals surface area contributed by atoms with Crippen molar-refractivity contribution in [2.45, 2.75) is 12.3 Å². The molecular formula is C31H18Br2KN5O2S2. The van der Waals surface area contributed by atoms with E-state index in [1.807, 2.05) is 59.3 Å². The van der Waals surface area contributed by atoms with Gasteiger partial charge in [0.15, 0.2) is 0 Å². The molecule has 6 aromatic rings. The van der Waals surface area contributed by atoms with Crippen molar-refractivity contribution >= 4 is 71.0 Å². The zero-order chi connectivity index (χ0) is 29.2. The van der Waals surface area contributed by atoms with Crippen molar-refractivity contribution in [3.8, 4) is 28.6 Å². The number of halogens is 2. The van der Waals surface area contributed by atoms with Gasteiger partial charge in [0.1, 0.15) is 21.9 Å². The Balaban J connectivity index is 0.00000368. The molecule has 12 heteroatoms. The molecule has 7 nitrogen and oxygen atoms in total. The van der Waals surface area contributed by atoms with Crippen LogP contribution in [0.25, 0.3) is 39.0 Å². The number of aromatic nitrogens is 4. The van der Waals surface area contributed by atoms with Crippen LogP contribution in [0.3, 0.4) is 0 Å². The van der Waals surface area contributed by atoms with E-state index in [0.29, 0.717) is 32.4 Å². The molecule has 1 unspecified atom stereocenters. The van der Waals surface area contributed by atoms with E-state index < -0.39 is 11.7 Å². The molecule has 0 saturated heterocycles. The number of fused-ring (bicyclic) bond motifs is 1. The minimum atomic E-state index is -0.682. The quantitative estimate of drug-likeness (QED) is 0.146. The van der Waals surface area contributed by atoms with Crippen LogP contribution in [-0.4, -0.2) is 19.9 Å². The van der Waals surface area contributed by atoms with Gasteiger partial charge in [-0.1, -0.05) is 68.3 Å². The topological polar surface area (TPSA) is 118 Å². The third kappa shape index (κ3) is 7.17. The van der Waals surface area contributed by atoms with Crippen LogP contribution >= 0.6 is 54.5 Å². The van der Waals surface area contributed by atoms with Gasteiger partial charge in [0.25, 0.3) is 5.56 Å². The Labute approximate surface area is 314 Å². The van der Waals surface area contributed by atoms with Crippen LogP contribution in [0.5, 0.6) is 0 Å². The second kappa shape index (κ2) is 14.2. The number of nitrogens with zero attached hydrogens (tertiary/aromatic N) is 4. The van der Waals surface area contributed by atoms with Gasteiger partial charge in [-0.25, -0.2) is 15.0 Å². The molecule has 0 spiro atoms. The first kappa shape index (κ1) is 32.1. The summed E-state index contributed by atoms with van der Waals surface area (Å²) in [5.74, 6) is -0.774. The molecule has 0 radical (unpaired) electrons. The molecule has 206 valence electrons. The Morgan fingerprint density at radius 3 is 2.14 bits per heavy atom. The summed E-state index contributed by atoms with van der Waals surface area (Å²) < 4.78 is 1.89. The summed E-state index contributed by atoms with van der Waals surface area (Å²) in [4.78, 5) is 30.0. The van der Waals surface area contributed by atoms with Gasteiger partial charge in [0.05, 0.1) is 33.8 Å². The molecule has 3 aromatic heterocycles. The van der Waals surface area contributed by atoms with Gasteiger partial charge in [-0.05, 0) is 42.8 Å². The van der Waals surface area contributed by atoms with Crippen molar-refractivity contribution in [3.63, 3.8) is 0 Å². The van der Waals surface area contributed by atoms with E-state index in [4.69, 9.17) is 9.97 Å². The van der Waals surface area contributed by atoms with E-state index in [1.54, 1.807) is 24.3 Å². The summed E-state index contributed by atoms with van der Waals surface area (Å²) in [5, 5.41) is 28.9. The van der Waals surface area contributed by atoms with E-state index in [1.165, 1.54) is 22.7 Å². The summed E-state index contributed by atoms with van der Waals surface area (Å²) >= 11 is 9.50. The third-order valence-electron chi connectivity index (χ3n) is 6.56. The first-order valence-corrected chi connectivity index (χ1v) is 16.0. The first-order valence-electron chi connectivity index (χ1n) is 12.6. The number of benzene rings is 3. The number of H-pyrrole nitrogens is 1. The molecule has 1 N–H and O–H groups in total. The van der Waals surface area contributed by atoms with E-state index in [9.17, 15) is 15.2 Å². The van der Waals surface area contributed by atoms with E-state index in [2.05, 4.69) is 47.9 Å². The average Bonchev–Trinajstić information content (AvgIpc) is 3.68. The number of hydrogen-bond acceptors (Lipinski definition) is 8. The molecule has 0 amide bonds. The zero-order valence-corrected chi connectivity index (χ0v) is 30.5. The van der Waals surface area contributed by atoms with Crippen LogP contribution in [0.15, 0.2) is 103 Å². The smallest absolute Gasteiger partial charge is 0.874 e. The molecule has 0 fully saturated rings. The van der Waals surface area contributed by atoms with E-state index in [-0.39, 0.29) is 68.9 Å². The van der Waals surface area contributed by atoms with Crippen LogP contribution in [-0.2, 0) is 0 Å². The minimum Gasteiger partial charge on any atom is -0.874 e. The summed E-state index contributed by atoms with van der Waals surface area (Å²) in [7, 11) is 0. The number of para-hydroxylation sites is 1. The fraction of sp³-hybridized carbons (Fsp3) is 0.0645. The molecule has 0 aliphatic heterocycles. The Bertz CT molecular complexity index is 2050. The van der Waals surface area contributed by atoms with Crippen molar-refractivity contribution in [1.82, 2.24) is 19.9 Å². The van der Waals surface area contributed by atoms with Crippen molar-refractivity contribution < 1.29 is 56.5 Å². The monoisotopic (exact) mass is 753 g/mol. The predicted molar refractivity (Wildman–Crippen MR) is 172 cm³/mol. The van der Waals surface area contributed by atoms with Crippen molar-refractivity contribution in [2.24, 2.45) is 0 Å². The Morgan fingerprint density at radius 2 is 1.49 bits per heavy atom. The Kier molecular flexibility index (Phi) is 10.6. The molecule has 0 aliphatic rings. The predicted octanol–water partition coefficient (Wildman–Crippen LogP) is 4.52. The van der Waals surface area contributed by atoms with Gasteiger partial charge < -0.3 is 10.1 Å². The van der Waals surface area contributed by atoms with E-state index in [0.717, 1.165) is 25.8 Å². The van der Waals surface area contributed by atoms with Crippen LogP contribution in [0.2, 0.25) is 0 Å². The maximum absolute atomic E-state index is 13.7. The number of thiazole rings is 2. The van der Waals surface area contributed by atoms with Crippen LogP contribution < -0.4 is 62.1 Å². The van der Waals surface area contributed by atoms with Crippen LogP contribution in [0.4, 0.5) is 0 Å².